The first-order valence-electron chi connectivity index (χ1n) is 8.34. The first kappa shape index (κ1) is 17.1. The van der Waals surface area contributed by atoms with Gasteiger partial charge in [0.1, 0.15) is 17.5 Å². The molecular formula is C18H22N4O3. The van der Waals surface area contributed by atoms with Crippen LogP contribution in [0.25, 0.3) is 0 Å². The standard InChI is InChI=1S/C18H22N4O3/c1-12-10-16(21-13(2)20-12)25-14-6-5-9-22(11-14)18(23)15-7-4-8-19-17(15)24-3/h4,7-8,10,14H,5-6,9,11H2,1-3H3. The van der Waals surface area contributed by atoms with E-state index in [1.165, 1.54) is 7.11 Å². The van der Waals surface area contributed by atoms with Crippen LogP contribution >= 0.6 is 0 Å². The zero-order chi connectivity index (χ0) is 17.8. The summed E-state index contributed by atoms with van der Waals surface area (Å²) in [5.74, 6) is 1.49. The highest BCUT2D eigenvalue weighted by molar-refractivity contribution is 5.96. The van der Waals surface area contributed by atoms with Crippen LogP contribution in [0, 0.1) is 13.8 Å². The van der Waals surface area contributed by atoms with Gasteiger partial charge in [0.15, 0.2) is 0 Å². The van der Waals surface area contributed by atoms with Crippen molar-refractivity contribution in [1.82, 2.24) is 19.9 Å². The fourth-order valence-electron chi connectivity index (χ4n) is 3.02. The molecule has 1 saturated heterocycles. The lowest BCUT2D eigenvalue weighted by atomic mass is 10.1. The number of aromatic nitrogens is 3. The first-order valence-corrected chi connectivity index (χ1v) is 8.34. The third-order valence-corrected chi connectivity index (χ3v) is 4.09. The molecule has 1 atom stereocenters. The fraction of sp³-hybridized carbons (Fsp3) is 0.444. The minimum Gasteiger partial charge on any atom is -0.480 e. The Morgan fingerprint density at radius 2 is 2.16 bits per heavy atom. The monoisotopic (exact) mass is 342 g/mol. The van der Waals surface area contributed by atoms with E-state index in [9.17, 15) is 4.79 Å². The lowest BCUT2D eigenvalue weighted by Gasteiger charge is -2.32. The van der Waals surface area contributed by atoms with Gasteiger partial charge in [-0.3, -0.25) is 4.79 Å². The molecule has 132 valence electrons. The molecule has 2 aromatic heterocycles. The number of hydrogen-bond donors (Lipinski definition) is 0. The molecule has 3 rings (SSSR count). The van der Waals surface area contributed by atoms with Gasteiger partial charge in [-0.2, -0.15) is 4.98 Å². The molecular weight excluding hydrogens is 320 g/mol. The number of hydrogen-bond acceptors (Lipinski definition) is 6. The van der Waals surface area contributed by atoms with E-state index in [1.807, 2.05) is 19.9 Å². The second-order valence-electron chi connectivity index (χ2n) is 6.09. The van der Waals surface area contributed by atoms with E-state index in [1.54, 1.807) is 23.2 Å². The molecule has 0 aromatic carbocycles. The molecule has 0 aliphatic carbocycles. The minimum absolute atomic E-state index is 0.0888. The van der Waals surface area contributed by atoms with Gasteiger partial charge in [0, 0.05) is 24.5 Å². The number of methoxy groups -OCH3 is 1. The van der Waals surface area contributed by atoms with Crippen molar-refractivity contribution in [2.45, 2.75) is 32.8 Å². The van der Waals surface area contributed by atoms with Gasteiger partial charge in [0.2, 0.25) is 11.8 Å². The average molecular weight is 342 g/mol. The second-order valence-corrected chi connectivity index (χ2v) is 6.09. The van der Waals surface area contributed by atoms with Crippen LogP contribution in [0.3, 0.4) is 0 Å². The largest absolute Gasteiger partial charge is 0.480 e. The molecule has 0 bridgehead atoms. The minimum atomic E-state index is -0.0895. The number of piperidine rings is 1. The van der Waals surface area contributed by atoms with Crippen molar-refractivity contribution >= 4 is 5.91 Å². The number of rotatable bonds is 4. The summed E-state index contributed by atoms with van der Waals surface area (Å²) < 4.78 is 11.2. The van der Waals surface area contributed by atoms with E-state index in [0.29, 0.717) is 36.2 Å². The summed E-state index contributed by atoms with van der Waals surface area (Å²) in [6.45, 7) is 4.95. The zero-order valence-electron chi connectivity index (χ0n) is 14.7. The van der Waals surface area contributed by atoms with Crippen molar-refractivity contribution in [3.63, 3.8) is 0 Å². The number of carbonyl (C=O) groups is 1. The molecule has 0 saturated carbocycles. The highest BCUT2D eigenvalue weighted by atomic mass is 16.5. The molecule has 1 aliphatic heterocycles. The number of nitrogens with zero attached hydrogens (tertiary/aromatic N) is 4. The maximum atomic E-state index is 12.8. The van der Waals surface area contributed by atoms with Gasteiger partial charge in [0.25, 0.3) is 5.91 Å². The van der Waals surface area contributed by atoms with E-state index in [2.05, 4.69) is 15.0 Å². The lowest BCUT2D eigenvalue weighted by molar-refractivity contribution is 0.0523. The normalized spacial score (nSPS) is 17.2. The van der Waals surface area contributed by atoms with E-state index in [0.717, 1.165) is 18.5 Å². The third-order valence-electron chi connectivity index (χ3n) is 4.09. The van der Waals surface area contributed by atoms with Crippen LogP contribution in [0.1, 0.15) is 34.7 Å². The lowest BCUT2D eigenvalue weighted by Crippen LogP contribution is -2.44. The van der Waals surface area contributed by atoms with Gasteiger partial charge in [-0.15, -0.1) is 0 Å². The zero-order valence-corrected chi connectivity index (χ0v) is 14.7. The molecule has 1 amide bonds. The summed E-state index contributed by atoms with van der Waals surface area (Å²) in [5, 5.41) is 0. The number of amides is 1. The maximum Gasteiger partial charge on any atom is 0.259 e. The number of carbonyl (C=O) groups excluding carboxylic acids is 1. The molecule has 7 nitrogen and oxygen atoms in total. The highest BCUT2D eigenvalue weighted by Gasteiger charge is 2.27. The van der Waals surface area contributed by atoms with Crippen LogP contribution in [0.5, 0.6) is 11.8 Å². The summed E-state index contributed by atoms with van der Waals surface area (Å²) in [5.41, 5.74) is 1.34. The Labute approximate surface area is 147 Å². The molecule has 0 spiro atoms. The Balaban J connectivity index is 1.71. The Hall–Kier alpha value is -2.70. The molecule has 1 aliphatic rings. The molecule has 1 fully saturated rings. The third kappa shape index (κ3) is 4.04. The summed E-state index contributed by atoms with van der Waals surface area (Å²) in [7, 11) is 1.51. The predicted molar refractivity (Wildman–Crippen MR) is 91.8 cm³/mol. The van der Waals surface area contributed by atoms with Gasteiger partial charge < -0.3 is 14.4 Å². The first-order chi connectivity index (χ1) is 12.1. The number of likely N-dealkylation sites (tertiary alicyclic amines) is 1. The van der Waals surface area contributed by atoms with Crippen molar-refractivity contribution in [2.24, 2.45) is 0 Å². The quantitative estimate of drug-likeness (QED) is 0.847. The molecule has 0 N–H and O–H groups in total. The van der Waals surface area contributed by atoms with Crippen molar-refractivity contribution in [3.05, 3.63) is 41.5 Å². The molecule has 3 heterocycles. The van der Waals surface area contributed by atoms with E-state index >= 15 is 0 Å². The van der Waals surface area contributed by atoms with Gasteiger partial charge in [-0.1, -0.05) is 0 Å². The van der Waals surface area contributed by atoms with E-state index in [-0.39, 0.29) is 12.0 Å². The average Bonchev–Trinajstić information content (AvgIpc) is 2.60. The summed E-state index contributed by atoms with van der Waals surface area (Å²) in [4.78, 5) is 27.3. The Kier molecular flexibility index (Phi) is 5.11. The van der Waals surface area contributed by atoms with Crippen LogP contribution in [0.4, 0.5) is 0 Å². The van der Waals surface area contributed by atoms with Crippen molar-refractivity contribution in [3.8, 4) is 11.8 Å². The second kappa shape index (κ2) is 7.46. The van der Waals surface area contributed by atoms with E-state index in [4.69, 9.17) is 9.47 Å². The summed E-state index contributed by atoms with van der Waals surface area (Å²) in [6, 6.07) is 5.29. The molecule has 1 unspecified atom stereocenters. The van der Waals surface area contributed by atoms with Crippen LogP contribution in [0.15, 0.2) is 24.4 Å². The van der Waals surface area contributed by atoms with Gasteiger partial charge in [-0.05, 0) is 38.8 Å². The van der Waals surface area contributed by atoms with Gasteiger partial charge in [-0.25, -0.2) is 9.97 Å². The summed E-state index contributed by atoms with van der Waals surface area (Å²) >= 11 is 0. The Bertz CT molecular complexity index is 745. The number of pyridine rings is 1. The van der Waals surface area contributed by atoms with Crippen molar-refractivity contribution in [1.29, 1.82) is 0 Å². The van der Waals surface area contributed by atoms with Crippen molar-refractivity contribution in [2.75, 3.05) is 20.2 Å². The molecule has 7 heteroatoms. The fourth-order valence-corrected chi connectivity index (χ4v) is 3.02. The smallest absolute Gasteiger partial charge is 0.259 e. The SMILES string of the molecule is COc1ncccc1C(=O)N1CCCC(Oc2cc(C)nc(C)n2)C1. The maximum absolute atomic E-state index is 12.8. The van der Waals surface area contributed by atoms with Crippen LogP contribution < -0.4 is 9.47 Å². The van der Waals surface area contributed by atoms with Gasteiger partial charge >= 0.3 is 0 Å². The molecule has 0 radical (unpaired) electrons. The number of ether oxygens (including phenoxy) is 2. The van der Waals surface area contributed by atoms with Crippen LogP contribution in [-0.4, -0.2) is 52.1 Å². The molecule has 2 aromatic rings. The Morgan fingerprint density at radius 3 is 2.92 bits per heavy atom. The topological polar surface area (TPSA) is 77.4 Å². The van der Waals surface area contributed by atoms with E-state index < -0.39 is 0 Å². The van der Waals surface area contributed by atoms with Crippen LogP contribution in [-0.2, 0) is 0 Å². The van der Waals surface area contributed by atoms with Crippen molar-refractivity contribution < 1.29 is 14.3 Å². The highest BCUT2D eigenvalue weighted by Crippen LogP contribution is 2.22. The summed E-state index contributed by atoms with van der Waals surface area (Å²) in [6.07, 6.45) is 3.28. The molecule has 25 heavy (non-hydrogen) atoms. The number of aryl methyl sites for hydroxylation is 2. The predicted octanol–water partition coefficient (Wildman–Crippen LogP) is 2.18. The van der Waals surface area contributed by atoms with Crippen LogP contribution in [0.2, 0.25) is 0 Å². The Morgan fingerprint density at radius 1 is 1.32 bits per heavy atom. The van der Waals surface area contributed by atoms with Gasteiger partial charge in [0.05, 0.1) is 13.7 Å².